The van der Waals surface area contributed by atoms with Crippen molar-refractivity contribution < 1.29 is 4.74 Å². The van der Waals surface area contributed by atoms with Gasteiger partial charge in [0, 0.05) is 6.61 Å². The molecule has 88 valence electrons. The van der Waals surface area contributed by atoms with Crippen LogP contribution in [0.15, 0.2) is 24.3 Å². The first-order valence-electron chi connectivity index (χ1n) is 6.44. The van der Waals surface area contributed by atoms with Crippen LogP contribution in [0.1, 0.15) is 49.7 Å². The van der Waals surface area contributed by atoms with Crippen molar-refractivity contribution in [2.75, 3.05) is 6.61 Å². The molecule has 0 aromatic heterocycles. The summed E-state index contributed by atoms with van der Waals surface area (Å²) < 4.78 is 5.81. The highest BCUT2D eigenvalue weighted by Gasteiger charge is 2.18. The minimum absolute atomic E-state index is 0.489. The molecule has 1 aliphatic rings. The number of aryl methyl sites for hydroxylation is 1. The normalized spacial score (nSPS) is 23.0. The van der Waals surface area contributed by atoms with Gasteiger partial charge in [0.1, 0.15) is 0 Å². The van der Waals surface area contributed by atoms with Crippen LogP contribution in [0, 0.1) is 6.92 Å². The van der Waals surface area contributed by atoms with Crippen molar-refractivity contribution in [3.05, 3.63) is 35.4 Å². The SMILES string of the molecule is Cc1ccccc1C(C)CC1CCCCO1. The van der Waals surface area contributed by atoms with Crippen LogP contribution >= 0.6 is 0 Å². The molecule has 0 radical (unpaired) electrons. The fourth-order valence-corrected chi connectivity index (χ4v) is 2.65. The monoisotopic (exact) mass is 218 g/mol. The standard InChI is InChI=1S/C15H22O/c1-12-7-3-4-9-15(12)13(2)11-14-8-5-6-10-16-14/h3-4,7,9,13-14H,5-6,8,10-11H2,1-2H3. The third kappa shape index (κ3) is 2.85. The molecule has 2 rings (SSSR count). The van der Waals surface area contributed by atoms with Crippen molar-refractivity contribution in [1.29, 1.82) is 0 Å². The summed E-state index contributed by atoms with van der Waals surface area (Å²) in [5, 5.41) is 0. The van der Waals surface area contributed by atoms with Crippen molar-refractivity contribution in [3.8, 4) is 0 Å². The second-order valence-electron chi connectivity index (χ2n) is 4.98. The van der Waals surface area contributed by atoms with Gasteiger partial charge in [-0.1, -0.05) is 31.2 Å². The van der Waals surface area contributed by atoms with Gasteiger partial charge in [-0.25, -0.2) is 0 Å². The van der Waals surface area contributed by atoms with Gasteiger partial charge in [-0.3, -0.25) is 0 Å². The summed E-state index contributed by atoms with van der Waals surface area (Å²) in [5.74, 6) is 0.615. The number of rotatable bonds is 3. The molecule has 16 heavy (non-hydrogen) atoms. The molecule has 2 atom stereocenters. The zero-order valence-electron chi connectivity index (χ0n) is 10.4. The first-order chi connectivity index (χ1) is 7.77. The molecule has 1 saturated heterocycles. The highest BCUT2D eigenvalue weighted by atomic mass is 16.5. The van der Waals surface area contributed by atoms with Gasteiger partial charge in [0.2, 0.25) is 0 Å². The third-order valence-electron chi connectivity index (χ3n) is 3.61. The second-order valence-corrected chi connectivity index (χ2v) is 4.98. The largest absolute Gasteiger partial charge is 0.378 e. The molecule has 1 aromatic carbocycles. The molecule has 0 bridgehead atoms. The fraction of sp³-hybridized carbons (Fsp3) is 0.600. The van der Waals surface area contributed by atoms with E-state index in [9.17, 15) is 0 Å². The van der Waals surface area contributed by atoms with Gasteiger partial charge in [-0.05, 0) is 49.7 Å². The van der Waals surface area contributed by atoms with E-state index in [-0.39, 0.29) is 0 Å². The van der Waals surface area contributed by atoms with Gasteiger partial charge in [0.25, 0.3) is 0 Å². The predicted molar refractivity (Wildman–Crippen MR) is 67.8 cm³/mol. The van der Waals surface area contributed by atoms with E-state index >= 15 is 0 Å². The Morgan fingerprint density at radius 1 is 1.31 bits per heavy atom. The molecule has 0 amide bonds. The van der Waals surface area contributed by atoms with E-state index < -0.39 is 0 Å². The Bertz CT molecular complexity index is 326. The summed E-state index contributed by atoms with van der Waals surface area (Å²) in [6.45, 7) is 5.49. The van der Waals surface area contributed by atoms with Crippen molar-refractivity contribution in [3.63, 3.8) is 0 Å². The van der Waals surface area contributed by atoms with Crippen LogP contribution in [0.5, 0.6) is 0 Å². The maximum atomic E-state index is 5.81. The number of ether oxygens (including phenoxy) is 1. The highest BCUT2D eigenvalue weighted by Crippen LogP contribution is 2.27. The van der Waals surface area contributed by atoms with Crippen LogP contribution in [0.2, 0.25) is 0 Å². The zero-order valence-corrected chi connectivity index (χ0v) is 10.4. The molecule has 0 N–H and O–H groups in total. The second kappa shape index (κ2) is 5.49. The van der Waals surface area contributed by atoms with Gasteiger partial charge in [-0.2, -0.15) is 0 Å². The van der Waals surface area contributed by atoms with Gasteiger partial charge in [0.15, 0.2) is 0 Å². The lowest BCUT2D eigenvalue weighted by Gasteiger charge is -2.26. The fourth-order valence-electron chi connectivity index (χ4n) is 2.65. The quantitative estimate of drug-likeness (QED) is 0.743. The highest BCUT2D eigenvalue weighted by molar-refractivity contribution is 5.28. The molecule has 1 aromatic rings. The third-order valence-corrected chi connectivity index (χ3v) is 3.61. The first kappa shape index (κ1) is 11.7. The van der Waals surface area contributed by atoms with E-state index in [2.05, 4.69) is 38.1 Å². The Hall–Kier alpha value is -0.820. The number of hydrogen-bond donors (Lipinski definition) is 0. The van der Waals surface area contributed by atoms with Gasteiger partial charge in [0.05, 0.1) is 6.10 Å². The smallest absolute Gasteiger partial charge is 0.0580 e. The van der Waals surface area contributed by atoms with E-state index in [0.29, 0.717) is 12.0 Å². The molecule has 0 spiro atoms. The Morgan fingerprint density at radius 2 is 2.12 bits per heavy atom. The molecule has 0 aliphatic carbocycles. The predicted octanol–water partition coefficient (Wildman–Crippen LogP) is 4.06. The molecule has 1 heteroatoms. The lowest BCUT2D eigenvalue weighted by Crippen LogP contribution is -2.21. The van der Waals surface area contributed by atoms with Crippen molar-refractivity contribution in [2.45, 2.75) is 51.6 Å². The van der Waals surface area contributed by atoms with Crippen LogP contribution in [0.3, 0.4) is 0 Å². The van der Waals surface area contributed by atoms with E-state index in [1.54, 1.807) is 0 Å². The number of benzene rings is 1. The summed E-state index contributed by atoms with van der Waals surface area (Å²) in [7, 11) is 0. The van der Waals surface area contributed by atoms with Crippen molar-refractivity contribution >= 4 is 0 Å². The average Bonchev–Trinajstić information content (AvgIpc) is 2.31. The maximum absolute atomic E-state index is 5.81. The number of hydrogen-bond acceptors (Lipinski definition) is 1. The lowest BCUT2D eigenvalue weighted by molar-refractivity contribution is 0.00789. The molecule has 1 nitrogen and oxygen atoms in total. The van der Waals surface area contributed by atoms with E-state index in [1.807, 2.05) is 0 Å². The van der Waals surface area contributed by atoms with Gasteiger partial charge < -0.3 is 4.74 Å². The lowest BCUT2D eigenvalue weighted by atomic mass is 9.90. The van der Waals surface area contributed by atoms with Crippen molar-refractivity contribution in [1.82, 2.24) is 0 Å². The zero-order chi connectivity index (χ0) is 11.4. The molecule has 1 fully saturated rings. The van der Waals surface area contributed by atoms with E-state index in [0.717, 1.165) is 6.61 Å². The summed E-state index contributed by atoms with van der Waals surface area (Å²) in [6.07, 6.45) is 5.49. The molecule has 1 aliphatic heterocycles. The van der Waals surface area contributed by atoms with Crippen LogP contribution in [0.4, 0.5) is 0 Å². The molecule has 0 saturated carbocycles. The van der Waals surface area contributed by atoms with Crippen molar-refractivity contribution in [2.24, 2.45) is 0 Å². The van der Waals surface area contributed by atoms with Crippen LogP contribution in [-0.2, 0) is 4.74 Å². The summed E-state index contributed by atoms with van der Waals surface area (Å²) in [5.41, 5.74) is 2.89. The van der Waals surface area contributed by atoms with E-state index in [4.69, 9.17) is 4.74 Å². The minimum Gasteiger partial charge on any atom is -0.378 e. The molecule has 1 heterocycles. The Morgan fingerprint density at radius 3 is 2.81 bits per heavy atom. The van der Waals surface area contributed by atoms with Crippen LogP contribution in [-0.4, -0.2) is 12.7 Å². The Kier molecular flexibility index (Phi) is 4.00. The van der Waals surface area contributed by atoms with Gasteiger partial charge in [-0.15, -0.1) is 0 Å². The molecule has 2 unspecified atom stereocenters. The first-order valence-corrected chi connectivity index (χ1v) is 6.44. The Labute approximate surface area is 98.8 Å². The van der Waals surface area contributed by atoms with Crippen LogP contribution in [0.25, 0.3) is 0 Å². The van der Waals surface area contributed by atoms with E-state index in [1.165, 1.54) is 36.8 Å². The molecular formula is C15H22O. The minimum atomic E-state index is 0.489. The maximum Gasteiger partial charge on any atom is 0.0580 e. The Balaban J connectivity index is 1.96. The average molecular weight is 218 g/mol. The van der Waals surface area contributed by atoms with Crippen LogP contribution < -0.4 is 0 Å². The summed E-state index contributed by atoms with van der Waals surface area (Å²) in [6, 6.07) is 8.71. The van der Waals surface area contributed by atoms with Gasteiger partial charge >= 0.3 is 0 Å². The summed E-state index contributed by atoms with van der Waals surface area (Å²) in [4.78, 5) is 0. The topological polar surface area (TPSA) is 9.23 Å². The molecular weight excluding hydrogens is 196 g/mol. The summed E-state index contributed by atoms with van der Waals surface area (Å²) >= 11 is 0.